The summed E-state index contributed by atoms with van der Waals surface area (Å²) < 4.78 is 11.3. The molecule has 4 aromatic carbocycles. The predicted octanol–water partition coefficient (Wildman–Crippen LogP) is 7.51. The Labute approximate surface area is 210 Å². The summed E-state index contributed by atoms with van der Waals surface area (Å²) in [6.07, 6.45) is 1.84. The van der Waals surface area contributed by atoms with E-state index < -0.39 is 0 Å². The van der Waals surface area contributed by atoms with Crippen molar-refractivity contribution in [3.8, 4) is 11.5 Å². The van der Waals surface area contributed by atoms with Crippen molar-refractivity contribution in [3.05, 3.63) is 105 Å². The Morgan fingerprint density at radius 3 is 2.41 bits per heavy atom. The van der Waals surface area contributed by atoms with Gasteiger partial charge >= 0.3 is 0 Å². The third-order valence-corrected chi connectivity index (χ3v) is 7.52. The fourth-order valence-electron chi connectivity index (χ4n) is 5.06. The average molecular weight is 492 g/mol. The molecule has 1 heterocycles. The highest BCUT2D eigenvalue weighted by molar-refractivity contribution is 6.42. The highest BCUT2D eigenvalue weighted by atomic mass is 35.5. The van der Waals surface area contributed by atoms with Crippen molar-refractivity contribution >= 4 is 34.0 Å². The lowest BCUT2D eigenvalue weighted by Gasteiger charge is -2.38. The molecule has 0 N–H and O–H groups in total. The number of fused-ring (bicyclic) bond motifs is 2. The average Bonchev–Trinajstić information content (AvgIpc) is 2.87. The third-order valence-electron chi connectivity index (χ3n) is 6.78. The van der Waals surface area contributed by atoms with Crippen LogP contribution in [-0.2, 0) is 19.4 Å². The molecule has 1 aliphatic heterocycles. The van der Waals surface area contributed by atoms with E-state index in [0.29, 0.717) is 10.0 Å². The minimum absolute atomic E-state index is 0.184. The molecule has 0 amide bonds. The van der Waals surface area contributed by atoms with Crippen LogP contribution in [0.4, 0.5) is 0 Å². The van der Waals surface area contributed by atoms with Crippen LogP contribution in [0.2, 0.25) is 10.0 Å². The van der Waals surface area contributed by atoms with Crippen LogP contribution in [-0.4, -0.2) is 25.7 Å². The van der Waals surface area contributed by atoms with Crippen LogP contribution in [0, 0.1) is 0 Å². The van der Waals surface area contributed by atoms with Gasteiger partial charge in [-0.05, 0) is 70.1 Å². The van der Waals surface area contributed by atoms with Gasteiger partial charge in [0.1, 0.15) is 0 Å². The minimum atomic E-state index is 0.184. The van der Waals surface area contributed by atoms with Crippen LogP contribution in [0.5, 0.6) is 11.5 Å². The topological polar surface area (TPSA) is 21.7 Å². The molecule has 5 heteroatoms. The highest BCUT2D eigenvalue weighted by Gasteiger charge is 2.30. The zero-order valence-corrected chi connectivity index (χ0v) is 20.9. The molecule has 4 aromatic rings. The predicted molar refractivity (Wildman–Crippen MR) is 141 cm³/mol. The molecular weight excluding hydrogens is 465 g/mol. The van der Waals surface area contributed by atoms with E-state index in [4.69, 9.17) is 32.7 Å². The van der Waals surface area contributed by atoms with Gasteiger partial charge in [0.05, 0.1) is 24.3 Å². The monoisotopic (exact) mass is 491 g/mol. The number of hydrogen-bond acceptors (Lipinski definition) is 3. The molecule has 34 heavy (non-hydrogen) atoms. The van der Waals surface area contributed by atoms with E-state index >= 15 is 0 Å². The largest absolute Gasteiger partial charge is 0.493 e. The Balaban J connectivity index is 1.58. The molecular formula is C29H27Cl2NO2. The highest BCUT2D eigenvalue weighted by Crippen LogP contribution is 2.41. The van der Waals surface area contributed by atoms with Gasteiger partial charge < -0.3 is 9.47 Å². The molecule has 3 nitrogen and oxygen atoms in total. The Morgan fingerprint density at radius 2 is 1.62 bits per heavy atom. The van der Waals surface area contributed by atoms with Gasteiger partial charge in [-0.3, -0.25) is 4.90 Å². The summed E-state index contributed by atoms with van der Waals surface area (Å²) >= 11 is 12.5. The summed E-state index contributed by atoms with van der Waals surface area (Å²) in [4.78, 5) is 2.54. The molecule has 0 fully saturated rings. The zero-order chi connectivity index (χ0) is 23.7. The molecule has 0 aliphatic carbocycles. The number of halogens is 2. The van der Waals surface area contributed by atoms with Crippen molar-refractivity contribution in [3.63, 3.8) is 0 Å². The lowest BCUT2D eigenvalue weighted by Crippen LogP contribution is -2.36. The lowest BCUT2D eigenvalue weighted by molar-refractivity contribution is 0.174. The molecule has 5 rings (SSSR count). The van der Waals surface area contributed by atoms with Crippen molar-refractivity contribution in [2.75, 3.05) is 20.8 Å². The molecule has 0 unspecified atom stereocenters. The fraction of sp³-hybridized carbons (Fsp3) is 0.241. The summed E-state index contributed by atoms with van der Waals surface area (Å²) in [5, 5.41) is 3.73. The SMILES string of the molecule is COc1cc2c(cc1OC)[C@H](Cc1cccc3ccccc13)N(Cc1ccc(Cl)c(Cl)c1)CC2. The van der Waals surface area contributed by atoms with Crippen LogP contribution in [0.25, 0.3) is 10.8 Å². The molecule has 0 aromatic heterocycles. The summed E-state index contributed by atoms with van der Waals surface area (Å²) in [5.74, 6) is 1.55. The maximum absolute atomic E-state index is 6.34. The van der Waals surface area contributed by atoms with Crippen LogP contribution >= 0.6 is 23.2 Å². The standard InChI is InChI=1S/C29H27Cl2NO2/c1-33-28-16-22-12-13-32(18-19-10-11-25(30)26(31)14-19)27(24(22)17-29(28)34-2)15-21-8-5-7-20-6-3-4-9-23(20)21/h3-11,14,16-17,27H,12-13,15,18H2,1-2H3/t27-/m0/s1. The van der Waals surface area contributed by atoms with E-state index in [1.807, 2.05) is 12.1 Å². The molecule has 0 saturated heterocycles. The van der Waals surface area contributed by atoms with Gasteiger partial charge in [-0.2, -0.15) is 0 Å². The smallest absolute Gasteiger partial charge is 0.161 e. The second kappa shape index (κ2) is 9.87. The Bertz CT molecular complexity index is 1330. The molecule has 0 saturated carbocycles. The lowest BCUT2D eigenvalue weighted by atomic mass is 9.86. The van der Waals surface area contributed by atoms with E-state index in [-0.39, 0.29) is 6.04 Å². The second-order valence-corrected chi connectivity index (χ2v) is 9.55. The Kier molecular flexibility index (Phi) is 6.69. The van der Waals surface area contributed by atoms with Crippen LogP contribution in [0.1, 0.15) is 28.3 Å². The van der Waals surface area contributed by atoms with Gasteiger partial charge in [0.2, 0.25) is 0 Å². The van der Waals surface area contributed by atoms with E-state index in [1.54, 1.807) is 14.2 Å². The summed E-state index contributed by atoms with van der Waals surface area (Å²) in [6.45, 7) is 1.73. The second-order valence-electron chi connectivity index (χ2n) is 8.73. The van der Waals surface area contributed by atoms with Crippen LogP contribution in [0.15, 0.2) is 72.8 Å². The molecule has 174 valence electrons. The Morgan fingerprint density at radius 1 is 0.853 bits per heavy atom. The van der Waals surface area contributed by atoms with Gasteiger partial charge in [-0.25, -0.2) is 0 Å². The van der Waals surface area contributed by atoms with Gasteiger partial charge in [0, 0.05) is 19.1 Å². The molecule has 1 atom stereocenters. The van der Waals surface area contributed by atoms with E-state index in [0.717, 1.165) is 43.0 Å². The number of methoxy groups -OCH3 is 2. The number of benzene rings is 4. The van der Waals surface area contributed by atoms with Crippen LogP contribution < -0.4 is 9.47 Å². The first kappa shape index (κ1) is 23.0. The first-order valence-corrected chi connectivity index (χ1v) is 12.2. The molecule has 0 spiro atoms. The van der Waals surface area contributed by atoms with Crippen molar-refractivity contribution in [2.45, 2.75) is 25.4 Å². The van der Waals surface area contributed by atoms with Gasteiger partial charge in [0.15, 0.2) is 11.5 Å². The molecule has 0 bridgehead atoms. The maximum atomic E-state index is 6.34. The van der Waals surface area contributed by atoms with Gasteiger partial charge in [-0.15, -0.1) is 0 Å². The van der Waals surface area contributed by atoms with Crippen molar-refractivity contribution in [1.29, 1.82) is 0 Å². The number of ether oxygens (including phenoxy) is 2. The Hall–Kier alpha value is -2.72. The fourth-order valence-corrected chi connectivity index (χ4v) is 5.38. The summed E-state index contributed by atoms with van der Waals surface area (Å²) in [7, 11) is 3.39. The normalized spacial score (nSPS) is 15.8. The maximum Gasteiger partial charge on any atom is 0.161 e. The quantitative estimate of drug-likeness (QED) is 0.278. The third kappa shape index (κ3) is 4.48. The molecule has 0 radical (unpaired) electrons. The first-order chi connectivity index (χ1) is 16.6. The van der Waals surface area contributed by atoms with E-state index in [9.17, 15) is 0 Å². The number of nitrogens with zero attached hydrogens (tertiary/aromatic N) is 1. The number of rotatable bonds is 6. The van der Waals surface area contributed by atoms with Gasteiger partial charge in [0.25, 0.3) is 0 Å². The van der Waals surface area contributed by atoms with E-state index in [2.05, 4.69) is 65.6 Å². The van der Waals surface area contributed by atoms with Crippen molar-refractivity contribution in [1.82, 2.24) is 4.90 Å². The zero-order valence-electron chi connectivity index (χ0n) is 19.4. The number of hydrogen-bond donors (Lipinski definition) is 0. The van der Waals surface area contributed by atoms with E-state index in [1.165, 1.54) is 27.5 Å². The van der Waals surface area contributed by atoms with Crippen molar-refractivity contribution in [2.24, 2.45) is 0 Å². The first-order valence-electron chi connectivity index (χ1n) is 11.5. The van der Waals surface area contributed by atoms with Gasteiger partial charge in [-0.1, -0.05) is 71.7 Å². The summed E-state index contributed by atoms with van der Waals surface area (Å²) in [6, 6.07) is 25.6. The molecule has 1 aliphatic rings. The van der Waals surface area contributed by atoms with Crippen LogP contribution in [0.3, 0.4) is 0 Å². The van der Waals surface area contributed by atoms with Crippen molar-refractivity contribution < 1.29 is 9.47 Å². The minimum Gasteiger partial charge on any atom is -0.493 e. The summed E-state index contributed by atoms with van der Waals surface area (Å²) in [5.41, 5.74) is 5.09.